The summed E-state index contributed by atoms with van der Waals surface area (Å²) in [6.45, 7) is -0.188. The van der Waals surface area contributed by atoms with E-state index in [1.165, 1.54) is 17.5 Å². The Hall–Kier alpha value is -3.14. The van der Waals surface area contributed by atoms with Crippen molar-refractivity contribution in [2.45, 2.75) is 48.5 Å². The summed E-state index contributed by atoms with van der Waals surface area (Å²) in [7, 11) is -2.37. The summed E-state index contributed by atoms with van der Waals surface area (Å²) < 4.78 is 112. The van der Waals surface area contributed by atoms with Gasteiger partial charge in [0.1, 0.15) is 9.96 Å². The molecule has 0 saturated carbocycles. The van der Waals surface area contributed by atoms with Gasteiger partial charge in [0.15, 0.2) is 0 Å². The molecule has 1 aliphatic rings. The molecule has 0 spiro atoms. The largest absolute Gasteiger partial charge is 0.497 e. The summed E-state index contributed by atoms with van der Waals surface area (Å²) in [5, 5.41) is 5.59. The number of hydrogen-bond acceptors (Lipinski definition) is 6. The highest BCUT2D eigenvalue weighted by Crippen LogP contribution is 2.37. The maximum atomic E-state index is 13.4. The van der Waals surface area contributed by atoms with Gasteiger partial charge in [0, 0.05) is 36.1 Å². The Balaban J connectivity index is 1.33. The number of sulfonamides is 1. The molecule has 2 heterocycles. The molecule has 0 bridgehead atoms. The Morgan fingerprint density at radius 2 is 1.69 bits per heavy atom. The molecule has 1 amide bonds. The zero-order valence-electron chi connectivity index (χ0n) is 22.2. The fraction of sp³-hybridized carbons (Fsp3) is 0.370. The van der Waals surface area contributed by atoms with Crippen LogP contribution in [0.3, 0.4) is 0 Å². The number of carbonyl (C=O) groups is 1. The monoisotopic (exact) mass is 635 g/mol. The van der Waals surface area contributed by atoms with Gasteiger partial charge in [-0.2, -0.15) is 30.6 Å². The molecule has 2 N–H and O–H groups in total. The van der Waals surface area contributed by atoms with Gasteiger partial charge in [0.2, 0.25) is 0 Å². The molecule has 4 rings (SSSR count). The number of benzene rings is 2. The van der Waals surface area contributed by atoms with E-state index < -0.39 is 51.7 Å². The molecule has 3 aromatic rings. The lowest BCUT2D eigenvalue weighted by Crippen LogP contribution is -2.44. The standard InChI is InChI=1S/C27H27F6N3O4S2/c1-40-21-4-2-3-17(14-21)25(37)35-16-22-6-8-24(41-22)42(38,39)36-11-9-20(10-12-36)34-15-18-13-19(26(28,29)30)5-7-23(18)27(31,32)33/h2-8,13-14,20,34H,9-12,15-16H2,1H3,(H,35,37). The summed E-state index contributed by atoms with van der Waals surface area (Å²) in [5.41, 5.74) is -2.48. The third-order valence-corrected chi connectivity index (χ3v) is 10.2. The number of methoxy groups -OCH3 is 1. The van der Waals surface area contributed by atoms with Crippen molar-refractivity contribution >= 4 is 27.3 Å². The maximum Gasteiger partial charge on any atom is 0.416 e. The third kappa shape index (κ3) is 7.62. The zero-order chi connectivity index (χ0) is 30.7. The first kappa shape index (κ1) is 31.8. The predicted octanol–water partition coefficient (Wildman–Crippen LogP) is 5.67. The number of carbonyl (C=O) groups excluding carboxylic acids is 1. The van der Waals surface area contributed by atoms with Crippen LogP contribution in [0, 0.1) is 0 Å². The Kier molecular flexibility index (Phi) is 9.55. The highest BCUT2D eigenvalue weighted by atomic mass is 32.2. The minimum absolute atomic E-state index is 0.0779. The van der Waals surface area contributed by atoms with Crippen molar-refractivity contribution in [3.63, 3.8) is 0 Å². The molecule has 0 radical (unpaired) electrons. The van der Waals surface area contributed by atoms with E-state index >= 15 is 0 Å². The Bertz CT molecular complexity index is 1510. The van der Waals surface area contributed by atoms with Gasteiger partial charge in [-0.1, -0.05) is 6.07 Å². The number of hydrogen-bond donors (Lipinski definition) is 2. The lowest BCUT2D eigenvalue weighted by atomic mass is 10.0. The first-order valence-electron chi connectivity index (χ1n) is 12.7. The smallest absolute Gasteiger partial charge is 0.416 e. The van der Waals surface area contributed by atoms with Crippen LogP contribution >= 0.6 is 11.3 Å². The summed E-state index contributed by atoms with van der Waals surface area (Å²) in [6, 6.07) is 10.5. The normalized spacial score (nSPS) is 15.5. The Morgan fingerprint density at radius 1 is 0.976 bits per heavy atom. The molecule has 1 fully saturated rings. The van der Waals surface area contributed by atoms with Crippen LogP contribution in [0.1, 0.15) is 44.8 Å². The van der Waals surface area contributed by atoms with Crippen LogP contribution < -0.4 is 15.4 Å². The highest BCUT2D eigenvalue weighted by molar-refractivity contribution is 7.91. The van der Waals surface area contributed by atoms with Crippen molar-refractivity contribution in [1.29, 1.82) is 0 Å². The molecular weight excluding hydrogens is 608 g/mol. The molecule has 1 aliphatic heterocycles. The molecule has 1 saturated heterocycles. The Morgan fingerprint density at radius 3 is 2.33 bits per heavy atom. The van der Waals surface area contributed by atoms with Gasteiger partial charge in [0.05, 0.1) is 24.8 Å². The third-order valence-electron chi connectivity index (χ3n) is 6.76. The van der Waals surface area contributed by atoms with Crippen LogP contribution in [-0.4, -0.2) is 44.9 Å². The number of thiophene rings is 1. The van der Waals surface area contributed by atoms with Gasteiger partial charge in [-0.3, -0.25) is 4.79 Å². The van der Waals surface area contributed by atoms with E-state index in [2.05, 4.69) is 10.6 Å². The fourth-order valence-electron chi connectivity index (χ4n) is 4.50. The van der Waals surface area contributed by atoms with E-state index in [-0.39, 0.29) is 42.6 Å². The van der Waals surface area contributed by atoms with Crippen LogP contribution in [0.4, 0.5) is 26.3 Å². The number of halogens is 6. The SMILES string of the molecule is COc1cccc(C(=O)NCc2ccc(S(=O)(=O)N3CCC(NCc4cc(C(F)(F)F)ccc4C(F)(F)F)CC3)s2)c1. The zero-order valence-corrected chi connectivity index (χ0v) is 23.8. The number of nitrogens with one attached hydrogen (secondary N) is 2. The van der Waals surface area contributed by atoms with E-state index in [9.17, 15) is 39.6 Å². The molecule has 0 aliphatic carbocycles. The number of rotatable bonds is 9. The van der Waals surface area contributed by atoms with Crippen molar-refractivity contribution in [1.82, 2.24) is 14.9 Å². The van der Waals surface area contributed by atoms with Gasteiger partial charge in [0.25, 0.3) is 15.9 Å². The van der Waals surface area contributed by atoms with E-state index in [4.69, 9.17) is 4.74 Å². The molecule has 7 nitrogen and oxygen atoms in total. The quantitative estimate of drug-likeness (QED) is 0.296. The summed E-state index contributed by atoms with van der Waals surface area (Å²) in [5.74, 6) is 0.168. The topological polar surface area (TPSA) is 87.7 Å². The average Bonchev–Trinajstić information content (AvgIpc) is 3.44. The van der Waals surface area contributed by atoms with Gasteiger partial charge in [-0.15, -0.1) is 11.3 Å². The van der Waals surface area contributed by atoms with Crippen LogP contribution in [0.15, 0.2) is 58.8 Å². The molecular formula is C27H27F6N3O4S2. The second-order valence-electron chi connectivity index (χ2n) is 9.56. The predicted molar refractivity (Wildman–Crippen MR) is 144 cm³/mol. The highest BCUT2D eigenvalue weighted by Gasteiger charge is 2.37. The number of amides is 1. The van der Waals surface area contributed by atoms with Crippen LogP contribution in [-0.2, 0) is 35.5 Å². The molecule has 0 atom stereocenters. The molecule has 0 unspecified atom stereocenters. The van der Waals surface area contributed by atoms with E-state index in [1.54, 1.807) is 30.3 Å². The van der Waals surface area contributed by atoms with Crippen molar-refractivity contribution in [3.8, 4) is 5.75 Å². The molecule has 15 heteroatoms. The lowest BCUT2D eigenvalue weighted by molar-refractivity contribution is -0.141. The number of alkyl halides is 6. The average molecular weight is 636 g/mol. The van der Waals surface area contributed by atoms with Crippen LogP contribution in [0.25, 0.3) is 0 Å². The van der Waals surface area contributed by atoms with E-state index in [0.717, 1.165) is 11.3 Å². The minimum Gasteiger partial charge on any atom is -0.497 e. The van der Waals surface area contributed by atoms with E-state index in [1.807, 2.05) is 0 Å². The molecule has 228 valence electrons. The van der Waals surface area contributed by atoms with Crippen LogP contribution in [0.5, 0.6) is 5.75 Å². The second kappa shape index (κ2) is 12.6. The minimum atomic E-state index is -4.82. The van der Waals surface area contributed by atoms with Crippen LogP contribution in [0.2, 0.25) is 0 Å². The van der Waals surface area contributed by atoms with Gasteiger partial charge < -0.3 is 15.4 Å². The second-order valence-corrected chi connectivity index (χ2v) is 12.9. The summed E-state index contributed by atoms with van der Waals surface area (Å²) in [6.07, 6.45) is -9.10. The van der Waals surface area contributed by atoms with Gasteiger partial charge >= 0.3 is 12.4 Å². The number of piperidine rings is 1. The molecule has 42 heavy (non-hydrogen) atoms. The van der Waals surface area contributed by atoms with Crippen molar-refractivity contribution < 1.29 is 44.3 Å². The Labute approximate surface area is 242 Å². The number of nitrogens with zero attached hydrogens (tertiary/aromatic N) is 1. The summed E-state index contributed by atoms with van der Waals surface area (Å²) in [4.78, 5) is 13.1. The summed E-state index contributed by atoms with van der Waals surface area (Å²) >= 11 is 1.01. The van der Waals surface area contributed by atoms with E-state index in [0.29, 0.717) is 34.4 Å². The molecule has 1 aromatic heterocycles. The number of ether oxygens (including phenoxy) is 1. The van der Waals surface area contributed by atoms with Gasteiger partial charge in [-0.25, -0.2) is 8.42 Å². The lowest BCUT2D eigenvalue weighted by Gasteiger charge is -2.31. The molecule has 2 aromatic carbocycles. The first-order chi connectivity index (χ1) is 19.7. The fourth-order valence-corrected chi connectivity index (χ4v) is 7.42. The van der Waals surface area contributed by atoms with Crippen molar-refractivity contribution in [2.24, 2.45) is 0 Å². The van der Waals surface area contributed by atoms with Crippen molar-refractivity contribution in [3.05, 3.63) is 81.7 Å². The first-order valence-corrected chi connectivity index (χ1v) is 15.0. The maximum absolute atomic E-state index is 13.4. The van der Waals surface area contributed by atoms with Crippen molar-refractivity contribution in [2.75, 3.05) is 20.2 Å². The van der Waals surface area contributed by atoms with Gasteiger partial charge in [-0.05, 0) is 66.9 Å².